The van der Waals surface area contributed by atoms with Crippen LogP contribution in [0.5, 0.6) is 0 Å². The standard InChI is InChI=1S/C14H16N6O2S2/c1-9-7-23-13-15-10(5-12(21)20(9)13)8-24-14-16-17-18-19(14)6-11-3-2-4-22-11/h5,7,11H,2-4,6,8H2,1H3/t11-/m0/s1. The van der Waals surface area contributed by atoms with Crippen LogP contribution in [-0.2, 0) is 17.0 Å². The molecule has 3 aromatic heterocycles. The van der Waals surface area contributed by atoms with Gasteiger partial charge in [-0.15, -0.1) is 16.4 Å². The molecular weight excluding hydrogens is 348 g/mol. The number of thiazole rings is 1. The summed E-state index contributed by atoms with van der Waals surface area (Å²) in [6, 6.07) is 1.58. The molecule has 0 aromatic carbocycles. The van der Waals surface area contributed by atoms with Crippen molar-refractivity contribution in [2.24, 2.45) is 0 Å². The first-order valence-corrected chi connectivity index (χ1v) is 9.54. The van der Waals surface area contributed by atoms with E-state index in [-0.39, 0.29) is 11.7 Å². The first-order chi connectivity index (χ1) is 11.7. The quantitative estimate of drug-likeness (QED) is 0.634. The van der Waals surface area contributed by atoms with Gasteiger partial charge in [-0.2, -0.15) is 0 Å². The highest BCUT2D eigenvalue weighted by molar-refractivity contribution is 7.98. The van der Waals surface area contributed by atoms with Gasteiger partial charge < -0.3 is 4.74 Å². The van der Waals surface area contributed by atoms with Crippen molar-refractivity contribution in [2.45, 2.75) is 43.3 Å². The summed E-state index contributed by atoms with van der Waals surface area (Å²) in [6.45, 7) is 3.37. The molecule has 1 aliphatic heterocycles. The Kier molecular flexibility index (Phi) is 4.33. The van der Waals surface area contributed by atoms with Gasteiger partial charge in [-0.1, -0.05) is 11.8 Å². The summed E-state index contributed by atoms with van der Waals surface area (Å²) >= 11 is 2.95. The number of ether oxygens (including phenoxy) is 1. The predicted molar refractivity (Wildman–Crippen MR) is 90.4 cm³/mol. The third-order valence-electron chi connectivity index (χ3n) is 3.88. The van der Waals surface area contributed by atoms with Gasteiger partial charge in [0.05, 0.1) is 18.3 Å². The van der Waals surface area contributed by atoms with Gasteiger partial charge in [-0.05, 0) is 30.2 Å². The van der Waals surface area contributed by atoms with Gasteiger partial charge in [0.2, 0.25) is 5.16 Å². The average molecular weight is 364 g/mol. The van der Waals surface area contributed by atoms with Crippen LogP contribution in [0.15, 0.2) is 21.4 Å². The highest BCUT2D eigenvalue weighted by atomic mass is 32.2. The monoisotopic (exact) mass is 364 g/mol. The Labute approximate surface area is 145 Å². The molecule has 0 spiro atoms. The molecule has 24 heavy (non-hydrogen) atoms. The number of aryl methyl sites for hydroxylation is 1. The van der Waals surface area contributed by atoms with Crippen LogP contribution in [0.4, 0.5) is 0 Å². The molecule has 1 fully saturated rings. The number of hydrogen-bond donors (Lipinski definition) is 0. The number of aromatic nitrogens is 6. The van der Waals surface area contributed by atoms with Crippen molar-refractivity contribution < 1.29 is 4.74 Å². The second-order valence-corrected chi connectivity index (χ2v) is 7.43. The molecule has 0 bridgehead atoms. The molecule has 10 heteroatoms. The van der Waals surface area contributed by atoms with Crippen molar-refractivity contribution in [2.75, 3.05) is 6.61 Å². The number of rotatable bonds is 5. The minimum Gasteiger partial charge on any atom is -0.376 e. The molecular formula is C14H16N6O2S2. The summed E-state index contributed by atoms with van der Waals surface area (Å²) in [4.78, 5) is 17.5. The van der Waals surface area contributed by atoms with Crippen LogP contribution in [0.1, 0.15) is 24.2 Å². The number of tetrazole rings is 1. The highest BCUT2D eigenvalue weighted by Crippen LogP contribution is 2.21. The lowest BCUT2D eigenvalue weighted by molar-refractivity contribution is 0.0912. The molecule has 126 valence electrons. The van der Waals surface area contributed by atoms with Gasteiger partial charge in [-0.3, -0.25) is 9.20 Å². The summed E-state index contributed by atoms with van der Waals surface area (Å²) in [7, 11) is 0. The van der Waals surface area contributed by atoms with Gasteiger partial charge in [0.1, 0.15) is 0 Å². The topological polar surface area (TPSA) is 87.2 Å². The fourth-order valence-electron chi connectivity index (χ4n) is 2.71. The Morgan fingerprint density at radius 3 is 3.25 bits per heavy atom. The van der Waals surface area contributed by atoms with E-state index in [1.807, 2.05) is 12.3 Å². The largest absolute Gasteiger partial charge is 0.376 e. The summed E-state index contributed by atoms with van der Waals surface area (Å²) < 4.78 is 9.02. The number of hydrogen-bond acceptors (Lipinski definition) is 8. The molecule has 8 nitrogen and oxygen atoms in total. The lowest BCUT2D eigenvalue weighted by Gasteiger charge is -2.09. The molecule has 0 saturated carbocycles. The molecule has 1 aliphatic rings. The lowest BCUT2D eigenvalue weighted by atomic mass is 10.2. The molecule has 0 aliphatic carbocycles. The summed E-state index contributed by atoms with van der Waals surface area (Å²) in [5, 5.41) is 14.5. The van der Waals surface area contributed by atoms with E-state index < -0.39 is 0 Å². The van der Waals surface area contributed by atoms with Crippen molar-refractivity contribution in [3.63, 3.8) is 0 Å². The van der Waals surface area contributed by atoms with Crippen LogP contribution in [-0.4, -0.2) is 42.3 Å². The Hall–Kier alpha value is -1.78. The van der Waals surface area contributed by atoms with Crippen molar-refractivity contribution in [3.8, 4) is 0 Å². The van der Waals surface area contributed by atoms with E-state index in [9.17, 15) is 4.79 Å². The molecule has 4 rings (SSSR count). The number of thioether (sulfide) groups is 1. The van der Waals surface area contributed by atoms with Crippen LogP contribution < -0.4 is 5.56 Å². The molecule has 1 saturated heterocycles. The smallest absolute Gasteiger partial charge is 0.258 e. The first-order valence-electron chi connectivity index (χ1n) is 7.68. The second kappa shape index (κ2) is 6.61. The van der Waals surface area contributed by atoms with Crippen LogP contribution in [0.25, 0.3) is 4.96 Å². The van der Waals surface area contributed by atoms with E-state index >= 15 is 0 Å². The third kappa shape index (κ3) is 3.08. The van der Waals surface area contributed by atoms with Crippen molar-refractivity contribution in [1.29, 1.82) is 0 Å². The van der Waals surface area contributed by atoms with Gasteiger partial charge in [-0.25, -0.2) is 9.67 Å². The van der Waals surface area contributed by atoms with E-state index in [4.69, 9.17) is 4.74 Å². The Balaban J connectivity index is 1.49. The molecule has 0 N–H and O–H groups in total. The minimum absolute atomic E-state index is 0.0479. The maximum absolute atomic E-state index is 12.2. The maximum Gasteiger partial charge on any atom is 0.258 e. The van der Waals surface area contributed by atoms with Crippen LogP contribution in [0.2, 0.25) is 0 Å². The van der Waals surface area contributed by atoms with Gasteiger partial charge in [0, 0.05) is 29.5 Å². The zero-order valence-electron chi connectivity index (χ0n) is 13.1. The molecule has 4 heterocycles. The summed E-state index contributed by atoms with van der Waals surface area (Å²) in [5.74, 6) is 0.550. The van der Waals surface area contributed by atoms with Gasteiger partial charge >= 0.3 is 0 Å². The van der Waals surface area contributed by atoms with Gasteiger partial charge in [0.15, 0.2) is 4.96 Å². The highest BCUT2D eigenvalue weighted by Gasteiger charge is 2.19. The predicted octanol–water partition coefficient (Wildman–Crippen LogP) is 1.52. The molecule has 0 radical (unpaired) electrons. The first kappa shape index (κ1) is 15.7. The zero-order valence-corrected chi connectivity index (χ0v) is 14.7. The van der Waals surface area contributed by atoms with Crippen LogP contribution in [0, 0.1) is 6.92 Å². The zero-order chi connectivity index (χ0) is 16.5. The second-order valence-electron chi connectivity index (χ2n) is 5.65. The fraction of sp³-hybridized carbons (Fsp3) is 0.500. The normalized spacial score (nSPS) is 17.8. The molecule has 0 unspecified atom stereocenters. The maximum atomic E-state index is 12.2. The lowest BCUT2D eigenvalue weighted by Crippen LogP contribution is -2.17. The SMILES string of the molecule is Cc1csc2nc(CSc3nnnn3C[C@@H]3CCCO3)cc(=O)n12. The van der Waals surface area contributed by atoms with Crippen LogP contribution in [0.3, 0.4) is 0 Å². The summed E-state index contributed by atoms with van der Waals surface area (Å²) in [6.07, 6.45) is 2.31. The molecule has 3 aromatic rings. The Morgan fingerprint density at radius 2 is 2.42 bits per heavy atom. The van der Waals surface area contributed by atoms with Crippen LogP contribution >= 0.6 is 23.1 Å². The van der Waals surface area contributed by atoms with Crippen molar-refractivity contribution in [3.05, 3.63) is 33.2 Å². The average Bonchev–Trinajstić information content (AvgIpc) is 3.28. The van der Waals surface area contributed by atoms with E-state index in [1.54, 1.807) is 15.1 Å². The number of nitrogens with zero attached hydrogens (tertiary/aromatic N) is 6. The van der Waals surface area contributed by atoms with E-state index in [1.165, 1.54) is 23.1 Å². The fourth-order valence-corrected chi connectivity index (χ4v) is 4.38. The van der Waals surface area contributed by atoms with Gasteiger partial charge in [0.25, 0.3) is 5.56 Å². The molecule has 0 amide bonds. The minimum atomic E-state index is -0.0479. The Morgan fingerprint density at radius 1 is 1.50 bits per heavy atom. The molecule has 1 atom stereocenters. The third-order valence-corrected chi connectivity index (χ3v) is 5.81. The van der Waals surface area contributed by atoms with E-state index in [0.29, 0.717) is 12.3 Å². The van der Waals surface area contributed by atoms with Crippen molar-refractivity contribution in [1.82, 2.24) is 29.6 Å². The van der Waals surface area contributed by atoms with Crippen molar-refractivity contribution >= 4 is 28.1 Å². The number of fused-ring (bicyclic) bond motifs is 1. The summed E-state index contributed by atoms with van der Waals surface area (Å²) in [5.41, 5.74) is 1.60. The Bertz CT molecular complexity index is 912. The van der Waals surface area contributed by atoms with E-state index in [0.717, 1.165) is 41.0 Å². The van der Waals surface area contributed by atoms with E-state index in [2.05, 4.69) is 20.5 Å².